The molecule has 1 aromatic heterocycles. The van der Waals surface area contributed by atoms with Crippen molar-refractivity contribution < 1.29 is 27.4 Å². The van der Waals surface area contributed by atoms with Crippen LogP contribution in [0.1, 0.15) is 31.2 Å². The molecule has 1 aliphatic rings. The zero-order valence-corrected chi connectivity index (χ0v) is 16.2. The predicted octanol–water partition coefficient (Wildman–Crippen LogP) is 4.64. The lowest BCUT2D eigenvalue weighted by molar-refractivity contribution is -0.137. The Morgan fingerprint density at radius 2 is 1.79 bits per heavy atom. The highest BCUT2D eigenvalue weighted by Gasteiger charge is 2.31. The van der Waals surface area contributed by atoms with Gasteiger partial charge in [0.2, 0.25) is 5.88 Å². The third-order valence-corrected chi connectivity index (χ3v) is 4.83. The van der Waals surface area contributed by atoms with E-state index in [2.05, 4.69) is 10.3 Å². The van der Waals surface area contributed by atoms with Crippen molar-refractivity contribution in [3.8, 4) is 11.6 Å². The van der Waals surface area contributed by atoms with Crippen LogP contribution >= 0.6 is 11.6 Å². The Hall–Kier alpha value is -2.48. The molecule has 0 unspecified atom stereocenters. The lowest BCUT2D eigenvalue weighted by atomic mass is 9.93. The van der Waals surface area contributed by atoms with Gasteiger partial charge in [-0.1, -0.05) is 11.6 Å². The Labute approximate surface area is 171 Å². The number of ether oxygens (including phenoxy) is 2. The number of alkyl halides is 3. The second kappa shape index (κ2) is 9.35. The average molecular weight is 429 g/mol. The van der Waals surface area contributed by atoms with Gasteiger partial charge in [-0.3, -0.25) is 4.79 Å². The number of amides is 1. The first-order chi connectivity index (χ1) is 13.8. The summed E-state index contributed by atoms with van der Waals surface area (Å²) in [6.45, 7) is -0.0897. The second-order valence-electron chi connectivity index (χ2n) is 6.78. The smallest absolute Gasteiger partial charge is 0.417 e. The zero-order chi connectivity index (χ0) is 20.9. The largest absolute Gasteiger partial charge is 0.484 e. The summed E-state index contributed by atoms with van der Waals surface area (Å²) in [6, 6.07) is 8.93. The highest BCUT2D eigenvalue weighted by Crippen LogP contribution is 2.30. The van der Waals surface area contributed by atoms with Crippen molar-refractivity contribution in [3.05, 3.63) is 53.2 Å². The average Bonchev–Trinajstić information content (AvgIpc) is 2.69. The Morgan fingerprint density at radius 1 is 1.10 bits per heavy atom. The zero-order valence-electron chi connectivity index (χ0n) is 15.4. The molecule has 9 heteroatoms. The van der Waals surface area contributed by atoms with Gasteiger partial charge in [0.25, 0.3) is 5.91 Å². The minimum atomic E-state index is -4.42. The maximum absolute atomic E-state index is 12.6. The number of carbonyl (C=O) groups excluding carboxylic acids is 1. The van der Waals surface area contributed by atoms with Gasteiger partial charge < -0.3 is 14.8 Å². The fourth-order valence-corrected chi connectivity index (χ4v) is 3.19. The number of hydrogen-bond donors (Lipinski definition) is 1. The van der Waals surface area contributed by atoms with Crippen molar-refractivity contribution >= 4 is 17.5 Å². The van der Waals surface area contributed by atoms with E-state index in [1.807, 2.05) is 0 Å². The lowest BCUT2D eigenvalue weighted by Crippen LogP contribution is -2.41. The first-order valence-corrected chi connectivity index (χ1v) is 9.55. The van der Waals surface area contributed by atoms with Crippen LogP contribution in [-0.2, 0) is 11.0 Å². The minimum absolute atomic E-state index is 0.0109. The molecule has 5 nitrogen and oxygen atoms in total. The first kappa shape index (κ1) is 21.2. The van der Waals surface area contributed by atoms with Gasteiger partial charge in [0.05, 0.1) is 5.56 Å². The summed E-state index contributed by atoms with van der Waals surface area (Å²) in [5.74, 6) is 0.515. The Morgan fingerprint density at radius 3 is 2.38 bits per heavy atom. The summed E-state index contributed by atoms with van der Waals surface area (Å²) in [7, 11) is 0. The van der Waals surface area contributed by atoms with Crippen molar-refractivity contribution in [2.75, 3.05) is 6.61 Å². The van der Waals surface area contributed by atoms with E-state index in [0.717, 1.165) is 12.3 Å². The van der Waals surface area contributed by atoms with Crippen molar-refractivity contribution in [2.24, 2.45) is 0 Å². The van der Waals surface area contributed by atoms with E-state index in [1.54, 1.807) is 24.3 Å². The summed E-state index contributed by atoms with van der Waals surface area (Å²) < 4.78 is 48.8. The van der Waals surface area contributed by atoms with Crippen LogP contribution < -0.4 is 14.8 Å². The maximum Gasteiger partial charge on any atom is 0.417 e. The predicted molar refractivity (Wildman–Crippen MR) is 101 cm³/mol. The number of carbonyl (C=O) groups is 1. The van der Waals surface area contributed by atoms with Crippen LogP contribution in [0.5, 0.6) is 11.6 Å². The molecule has 1 aromatic carbocycles. The van der Waals surface area contributed by atoms with Crippen LogP contribution in [-0.4, -0.2) is 29.6 Å². The third kappa shape index (κ3) is 6.52. The molecule has 156 valence electrons. The standard InChI is InChI=1S/C20H20ClF3N2O3/c21-14-2-6-16(7-3-14)28-12-18(27)26-15-4-8-17(9-5-15)29-19-10-1-13(11-25-19)20(22,23)24/h1-3,6-7,10-11,15,17H,4-5,8-9,12H2,(H,26,27). The second-order valence-corrected chi connectivity index (χ2v) is 7.22. The highest BCUT2D eigenvalue weighted by atomic mass is 35.5. The van der Waals surface area contributed by atoms with Gasteiger partial charge in [-0.05, 0) is 56.0 Å². The minimum Gasteiger partial charge on any atom is -0.484 e. The Kier molecular flexibility index (Phi) is 6.84. The van der Waals surface area contributed by atoms with Gasteiger partial charge in [-0.2, -0.15) is 13.2 Å². The van der Waals surface area contributed by atoms with Crippen molar-refractivity contribution in [2.45, 2.75) is 44.0 Å². The number of aromatic nitrogens is 1. The fraction of sp³-hybridized carbons (Fsp3) is 0.400. The van der Waals surface area contributed by atoms with E-state index in [-0.39, 0.29) is 30.5 Å². The quantitative estimate of drug-likeness (QED) is 0.728. The molecule has 29 heavy (non-hydrogen) atoms. The summed E-state index contributed by atoms with van der Waals surface area (Å²) >= 11 is 5.80. The normalized spacial score (nSPS) is 19.4. The van der Waals surface area contributed by atoms with Gasteiger partial charge in [-0.25, -0.2) is 4.98 Å². The van der Waals surface area contributed by atoms with Crippen molar-refractivity contribution in [1.82, 2.24) is 10.3 Å². The Balaban J connectivity index is 1.38. The van der Waals surface area contributed by atoms with E-state index < -0.39 is 11.7 Å². The molecule has 1 saturated carbocycles. The third-order valence-electron chi connectivity index (χ3n) is 4.57. The van der Waals surface area contributed by atoms with Crippen LogP contribution in [0.3, 0.4) is 0 Å². The van der Waals surface area contributed by atoms with E-state index in [0.29, 0.717) is 36.5 Å². The molecule has 1 fully saturated rings. The van der Waals surface area contributed by atoms with Crippen LogP contribution in [0.25, 0.3) is 0 Å². The van der Waals surface area contributed by atoms with E-state index >= 15 is 0 Å². The molecule has 0 atom stereocenters. The van der Waals surface area contributed by atoms with Gasteiger partial charge in [0.1, 0.15) is 11.9 Å². The molecule has 1 N–H and O–H groups in total. The number of nitrogens with one attached hydrogen (secondary N) is 1. The molecule has 3 rings (SSSR count). The number of nitrogens with zero attached hydrogens (tertiary/aromatic N) is 1. The number of rotatable bonds is 6. The van der Waals surface area contributed by atoms with Gasteiger partial charge >= 0.3 is 6.18 Å². The molecule has 0 spiro atoms. The number of hydrogen-bond acceptors (Lipinski definition) is 4. The van der Waals surface area contributed by atoms with Crippen LogP contribution in [0.2, 0.25) is 5.02 Å². The van der Waals surface area contributed by atoms with Gasteiger partial charge in [-0.15, -0.1) is 0 Å². The van der Waals surface area contributed by atoms with Crippen molar-refractivity contribution in [3.63, 3.8) is 0 Å². The molecule has 0 aliphatic heterocycles. The van der Waals surface area contributed by atoms with Crippen LogP contribution in [0, 0.1) is 0 Å². The summed E-state index contributed by atoms with van der Waals surface area (Å²) in [4.78, 5) is 15.8. The Bertz CT molecular complexity index is 805. The van der Waals surface area contributed by atoms with E-state index in [9.17, 15) is 18.0 Å². The highest BCUT2D eigenvalue weighted by molar-refractivity contribution is 6.30. The SMILES string of the molecule is O=C(COc1ccc(Cl)cc1)NC1CCC(Oc2ccc(C(F)(F)F)cn2)CC1. The molecule has 0 radical (unpaired) electrons. The molecule has 1 amide bonds. The molecule has 1 aliphatic carbocycles. The fourth-order valence-electron chi connectivity index (χ4n) is 3.06. The topological polar surface area (TPSA) is 60.5 Å². The number of benzene rings is 1. The van der Waals surface area contributed by atoms with Gasteiger partial charge in [0.15, 0.2) is 6.61 Å². The molecular weight excluding hydrogens is 409 g/mol. The molecule has 0 saturated heterocycles. The summed E-state index contributed by atoms with van der Waals surface area (Å²) in [5.41, 5.74) is -0.808. The molecular formula is C20H20ClF3N2O3. The number of halogens is 4. The van der Waals surface area contributed by atoms with Crippen LogP contribution in [0.15, 0.2) is 42.6 Å². The molecule has 2 aromatic rings. The molecule has 1 heterocycles. The molecule has 0 bridgehead atoms. The maximum atomic E-state index is 12.6. The first-order valence-electron chi connectivity index (χ1n) is 9.17. The van der Waals surface area contributed by atoms with E-state index in [4.69, 9.17) is 21.1 Å². The monoisotopic (exact) mass is 428 g/mol. The lowest BCUT2D eigenvalue weighted by Gasteiger charge is -2.29. The number of pyridine rings is 1. The van der Waals surface area contributed by atoms with Crippen LogP contribution in [0.4, 0.5) is 13.2 Å². The van der Waals surface area contributed by atoms with Gasteiger partial charge in [0, 0.05) is 23.3 Å². The summed E-state index contributed by atoms with van der Waals surface area (Å²) in [5, 5.41) is 3.51. The van der Waals surface area contributed by atoms with E-state index in [1.165, 1.54) is 6.07 Å². The summed E-state index contributed by atoms with van der Waals surface area (Å²) in [6.07, 6.45) is -1.04. The van der Waals surface area contributed by atoms with Crippen molar-refractivity contribution in [1.29, 1.82) is 0 Å².